The van der Waals surface area contributed by atoms with Crippen LogP contribution in [0.15, 0.2) is 18.3 Å². The van der Waals surface area contributed by atoms with Crippen LogP contribution in [0.2, 0.25) is 0 Å². The summed E-state index contributed by atoms with van der Waals surface area (Å²) in [6, 6.07) is 3.69. The molecule has 19 heavy (non-hydrogen) atoms. The average molecular weight is 260 g/mol. The van der Waals surface area contributed by atoms with Crippen molar-refractivity contribution in [2.45, 2.75) is 32.7 Å². The zero-order valence-corrected chi connectivity index (χ0v) is 11.8. The maximum Gasteiger partial charge on any atom is 0.138 e. The monoisotopic (exact) mass is 260 g/mol. The van der Waals surface area contributed by atoms with Gasteiger partial charge in [-0.25, -0.2) is 9.97 Å². The predicted molar refractivity (Wildman–Crippen MR) is 75.7 cm³/mol. The van der Waals surface area contributed by atoms with Gasteiger partial charge in [-0.2, -0.15) is 5.10 Å². The molecular formula is C13H20N6. The lowest BCUT2D eigenvalue weighted by Crippen LogP contribution is -2.18. The standard InChI is InChI=1S/C13H20N6/c1-13(2,3)12-16-10(14)7-11(17-12)15-8-9-5-6-19(4)18-9/h5-7H,8H2,1-4H3,(H3,14,15,16,17). The molecule has 0 saturated carbocycles. The van der Waals surface area contributed by atoms with Gasteiger partial charge in [0.2, 0.25) is 0 Å². The van der Waals surface area contributed by atoms with Crippen molar-refractivity contribution < 1.29 is 0 Å². The highest BCUT2D eigenvalue weighted by Gasteiger charge is 2.18. The van der Waals surface area contributed by atoms with Crippen molar-refractivity contribution in [1.29, 1.82) is 0 Å². The van der Waals surface area contributed by atoms with Crippen LogP contribution in [-0.4, -0.2) is 19.7 Å². The molecule has 0 aliphatic carbocycles. The van der Waals surface area contributed by atoms with E-state index in [0.717, 1.165) is 17.3 Å². The molecule has 0 amide bonds. The summed E-state index contributed by atoms with van der Waals surface area (Å²) in [6.45, 7) is 6.79. The predicted octanol–water partition coefficient (Wildman–Crippen LogP) is 1.70. The largest absolute Gasteiger partial charge is 0.384 e. The molecule has 0 atom stereocenters. The van der Waals surface area contributed by atoms with Crippen LogP contribution in [0, 0.1) is 0 Å². The molecule has 0 fully saturated rings. The van der Waals surface area contributed by atoms with Gasteiger partial charge >= 0.3 is 0 Å². The highest BCUT2D eigenvalue weighted by Crippen LogP contribution is 2.21. The third kappa shape index (κ3) is 3.43. The SMILES string of the molecule is Cn1ccc(CNc2cc(N)nc(C(C)(C)C)n2)n1. The van der Waals surface area contributed by atoms with Crippen molar-refractivity contribution in [2.75, 3.05) is 11.1 Å². The third-order valence-corrected chi connectivity index (χ3v) is 2.64. The van der Waals surface area contributed by atoms with Crippen LogP contribution >= 0.6 is 0 Å². The van der Waals surface area contributed by atoms with Crippen LogP contribution in [-0.2, 0) is 19.0 Å². The van der Waals surface area contributed by atoms with Crippen molar-refractivity contribution in [3.05, 3.63) is 29.8 Å². The van der Waals surface area contributed by atoms with E-state index >= 15 is 0 Å². The summed E-state index contributed by atoms with van der Waals surface area (Å²) in [7, 11) is 1.89. The fourth-order valence-corrected chi connectivity index (χ4v) is 1.63. The van der Waals surface area contributed by atoms with Gasteiger partial charge < -0.3 is 11.1 Å². The topological polar surface area (TPSA) is 81.7 Å². The van der Waals surface area contributed by atoms with Gasteiger partial charge in [0.25, 0.3) is 0 Å². The van der Waals surface area contributed by atoms with Crippen LogP contribution in [0.4, 0.5) is 11.6 Å². The lowest BCUT2D eigenvalue weighted by molar-refractivity contribution is 0.547. The van der Waals surface area contributed by atoms with Gasteiger partial charge in [-0.05, 0) is 6.07 Å². The summed E-state index contributed by atoms with van der Waals surface area (Å²) in [4.78, 5) is 8.76. The summed E-state index contributed by atoms with van der Waals surface area (Å²) >= 11 is 0. The lowest BCUT2D eigenvalue weighted by atomic mass is 9.96. The Labute approximate surface area is 113 Å². The lowest BCUT2D eigenvalue weighted by Gasteiger charge is -2.17. The molecule has 2 heterocycles. The van der Waals surface area contributed by atoms with E-state index in [4.69, 9.17) is 5.73 Å². The molecule has 0 radical (unpaired) electrons. The molecule has 102 valence electrons. The Hall–Kier alpha value is -2.11. The zero-order valence-electron chi connectivity index (χ0n) is 11.8. The van der Waals surface area contributed by atoms with E-state index in [-0.39, 0.29) is 5.41 Å². The Morgan fingerprint density at radius 3 is 2.63 bits per heavy atom. The molecule has 3 N–H and O–H groups in total. The van der Waals surface area contributed by atoms with Gasteiger partial charge in [0, 0.05) is 24.7 Å². The Bertz CT molecular complexity index is 567. The minimum atomic E-state index is -0.128. The van der Waals surface area contributed by atoms with Crippen molar-refractivity contribution in [3.63, 3.8) is 0 Å². The van der Waals surface area contributed by atoms with E-state index in [9.17, 15) is 0 Å². The molecule has 6 nitrogen and oxygen atoms in total. The van der Waals surface area contributed by atoms with E-state index in [1.165, 1.54) is 0 Å². The molecule has 0 saturated heterocycles. The van der Waals surface area contributed by atoms with E-state index in [1.54, 1.807) is 10.7 Å². The third-order valence-electron chi connectivity index (χ3n) is 2.64. The van der Waals surface area contributed by atoms with Crippen molar-refractivity contribution >= 4 is 11.6 Å². The maximum absolute atomic E-state index is 5.82. The molecule has 0 aromatic carbocycles. The normalized spacial score (nSPS) is 11.6. The Kier molecular flexibility index (Phi) is 3.42. The first-order valence-electron chi connectivity index (χ1n) is 6.22. The Morgan fingerprint density at radius 2 is 2.05 bits per heavy atom. The summed E-state index contributed by atoms with van der Waals surface area (Å²) in [5, 5.41) is 7.52. The number of anilines is 2. The minimum Gasteiger partial charge on any atom is -0.384 e. The number of nitrogens with zero attached hydrogens (tertiary/aromatic N) is 4. The smallest absolute Gasteiger partial charge is 0.138 e. The van der Waals surface area contributed by atoms with Crippen molar-refractivity contribution in [3.8, 4) is 0 Å². The van der Waals surface area contributed by atoms with E-state index < -0.39 is 0 Å². The number of nitrogen functional groups attached to an aromatic ring is 1. The van der Waals surface area contributed by atoms with Gasteiger partial charge in [-0.3, -0.25) is 4.68 Å². The molecule has 0 aliphatic rings. The molecule has 0 spiro atoms. The first kappa shape index (κ1) is 13.3. The fraction of sp³-hybridized carbons (Fsp3) is 0.462. The zero-order chi connectivity index (χ0) is 14.0. The van der Waals surface area contributed by atoms with E-state index in [0.29, 0.717) is 12.4 Å². The minimum absolute atomic E-state index is 0.128. The van der Waals surface area contributed by atoms with Crippen LogP contribution in [0.25, 0.3) is 0 Å². The van der Waals surface area contributed by atoms with E-state index in [2.05, 4.69) is 41.2 Å². The van der Waals surface area contributed by atoms with Crippen LogP contribution in [0.5, 0.6) is 0 Å². The maximum atomic E-state index is 5.82. The highest BCUT2D eigenvalue weighted by atomic mass is 15.3. The number of aromatic nitrogens is 4. The molecule has 0 bridgehead atoms. The first-order valence-corrected chi connectivity index (χ1v) is 6.22. The Balaban J connectivity index is 2.14. The second-order valence-corrected chi connectivity index (χ2v) is 5.59. The van der Waals surface area contributed by atoms with Gasteiger partial charge in [0.1, 0.15) is 17.5 Å². The van der Waals surface area contributed by atoms with Gasteiger partial charge in [-0.15, -0.1) is 0 Å². The van der Waals surface area contributed by atoms with Crippen LogP contribution in [0.1, 0.15) is 32.3 Å². The first-order chi connectivity index (χ1) is 8.84. The molecule has 2 rings (SSSR count). The summed E-state index contributed by atoms with van der Waals surface area (Å²) in [5.41, 5.74) is 6.65. The second-order valence-electron chi connectivity index (χ2n) is 5.59. The van der Waals surface area contributed by atoms with Gasteiger partial charge in [0.15, 0.2) is 0 Å². The Morgan fingerprint density at radius 1 is 1.32 bits per heavy atom. The number of nitrogens with one attached hydrogen (secondary N) is 1. The van der Waals surface area contributed by atoms with Crippen LogP contribution in [0.3, 0.4) is 0 Å². The molecule has 0 aliphatic heterocycles. The van der Waals surface area contributed by atoms with Gasteiger partial charge in [-0.1, -0.05) is 20.8 Å². The van der Waals surface area contributed by atoms with Crippen molar-refractivity contribution in [1.82, 2.24) is 19.7 Å². The molecule has 2 aromatic rings. The number of aryl methyl sites for hydroxylation is 1. The molecule has 6 heteroatoms. The number of hydrogen-bond acceptors (Lipinski definition) is 5. The quantitative estimate of drug-likeness (QED) is 0.877. The van der Waals surface area contributed by atoms with E-state index in [1.807, 2.05) is 19.3 Å². The van der Waals surface area contributed by atoms with Crippen LogP contribution < -0.4 is 11.1 Å². The summed E-state index contributed by atoms with van der Waals surface area (Å²) < 4.78 is 1.77. The van der Waals surface area contributed by atoms with Gasteiger partial charge in [0.05, 0.1) is 12.2 Å². The second kappa shape index (κ2) is 4.87. The summed E-state index contributed by atoms with van der Waals surface area (Å²) in [6.07, 6.45) is 1.91. The molecular weight excluding hydrogens is 240 g/mol. The molecule has 0 unspecified atom stereocenters. The fourth-order valence-electron chi connectivity index (χ4n) is 1.63. The number of rotatable bonds is 3. The molecule has 2 aromatic heterocycles. The summed E-state index contributed by atoms with van der Waals surface area (Å²) in [5.74, 6) is 1.93. The number of nitrogens with two attached hydrogens (primary N) is 1. The average Bonchev–Trinajstić information content (AvgIpc) is 2.71. The van der Waals surface area contributed by atoms with Crippen molar-refractivity contribution in [2.24, 2.45) is 7.05 Å². The number of hydrogen-bond donors (Lipinski definition) is 2. The highest BCUT2D eigenvalue weighted by molar-refractivity contribution is 5.45.